The van der Waals surface area contributed by atoms with E-state index in [0.29, 0.717) is 64.1 Å². The summed E-state index contributed by atoms with van der Waals surface area (Å²) in [5.74, 6) is -0.751. The molecule has 168 valence electrons. The molecule has 2 bridgehead atoms. The van der Waals surface area contributed by atoms with Gasteiger partial charge in [0.15, 0.2) is 0 Å². The number of nitriles is 1. The van der Waals surface area contributed by atoms with E-state index in [2.05, 4.69) is 16.1 Å². The highest BCUT2D eigenvalue weighted by atomic mass is 32.2. The predicted octanol–water partition coefficient (Wildman–Crippen LogP) is 3.41. The highest BCUT2D eigenvalue weighted by Gasteiger charge is 2.49. The van der Waals surface area contributed by atoms with E-state index in [9.17, 15) is 31.6 Å². The van der Waals surface area contributed by atoms with Crippen LogP contribution in [0.3, 0.4) is 0 Å². The van der Waals surface area contributed by atoms with E-state index in [1.165, 1.54) is 0 Å². The van der Waals surface area contributed by atoms with Crippen molar-refractivity contribution < 1.29 is 26.4 Å². The number of fused-ring (bicyclic) bond motifs is 3. The molecular formula is C20H23F3N4O3S. The summed E-state index contributed by atoms with van der Waals surface area (Å²) in [5.41, 5.74) is -2.54. The summed E-state index contributed by atoms with van der Waals surface area (Å²) in [7, 11) is -3.95. The van der Waals surface area contributed by atoms with Gasteiger partial charge in [-0.2, -0.15) is 31.2 Å². The molecule has 4 fully saturated rings. The van der Waals surface area contributed by atoms with Crippen molar-refractivity contribution >= 4 is 21.8 Å². The number of rotatable bonds is 5. The molecule has 1 aliphatic heterocycles. The number of alkyl halides is 3. The molecule has 5 rings (SSSR count). The summed E-state index contributed by atoms with van der Waals surface area (Å²) in [6, 6.07) is 4.79. The van der Waals surface area contributed by atoms with Gasteiger partial charge in [-0.1, -0.05) is 0 Å². The molecule has 1 aromatic rings. The number of benzene rings is 1. The Balaban J connectivity index is 1.62. The molecule has 1 amide bonds. The largest absolute Gasteiger partial charge is 0.416 e. The van der Waals surface area contributed by atoms with Crippen LogP contribution in [0.2, 0.25) is 0 Å². The van der Waals surface area contributed by atoms with Crippen molar-refractivity contribution in [3.63, 3.8) is 0 Å². The molecule has 3 saturated carbocycles. The Morgan fingerprint density at radius 3 is 2.19 bits per heavy atom. The third-order valence-corrected chi connectivity index (χ3v) is 8.37. The maximum Gasteiger partial charge on any atom is 0.416 e. The van der Waals surface area contributed by atoms with Crippen LogP contribution in [0.4, 0.5) is 18.9 Å². The molecular weight excluding hydrogens is 433 g/mol. The van der Waals surface area contributed by atoms with Gasteiger partial charge in [0, 0.05) is 18.6 Å². The summed E-state index contributed by atoms with van der Waals surface area (Å²) < 4.78 is 68.2. The van der Waals surface area contributed by atoms with Crippen LogP contribution in [0.15, 0.2) is 18.2 Å². The Labute approximate surface area is 178 Å². The standard InChI is InChI=1S/C20H23F3N4O3S/c21-20(22,23)14-2-3-16(26-31(29,30)27-10-1-11-27)15(12-14)17(28)25-19-7-4-18(13-24,5-8-19)6-9-19/h2-3,12,26H,1,4-11H2,(H,25,28). The second-order valence-electron chi connectivity index (χ2n) is 8.74. The van der Waals surface area contributed by atoms with E-state index in [1.54, 1.807) is 0 Å². The minimum absolute atomic E-state index is 0.188. The van der Waals surface area contributed by atoms with Crippen LogP contribution in [0, 0.1) is 16.7 Å². The molecule has 0 unspecified atom stereocenters. The monoisotopic (exact) mass is 456 g/mol. The summed E-state index contributed by atoms with van der Waals surface area (Å²) >= 11 is 0. The van der Waals surface area contributed by atoms with E-state index < -0.39 is 33.4 Å². The van der Waals surface area contributed by atoms with Gasteiger partial charge in [-0.05, 0) is 63.1 Å². The van der Waals surface area contributed by atoms with Crippen molar-refractivity contribution in [2.45, 2.75) is 56.7 Å². The first-order valence-electron chi connectivity index (χ1n) is 10.2. The average Bonchev–Trinajstić information content (AvgIpc) is 2.66. The van der Waals surface area contributed by atoms with E-state index in [0.717, 1.165) is 16.4 Å². The number of halogens is 3. The zero-order chi connectivity index (χ0) is 22.5. The zero-order valence-corrected chi connectivity index (χ0v) is 17.6. The lowest BCUT2D eigenvalue weighted by Crippen LogP contribution is -2.56. The summed E-state index contributed by atoms with van der Waals surface area (Å²) in [6.45, 7) is 0.641. The zero-order valence-electron chi connectivity index (χ0n) is 16.8. The molecule has 0 spiro atoms. The van der Waals surface area contributed by atoms with Gasteiger partial charge in [0.1, 0.15) is 0 Å². The summed E-state index contributed by atoms with van der Waals surface area (Å²) in [6.07, 6.45) is -0.388. The quantitative estimate of drug-likeness (QED) is 0.709. The van der Waals surface area contributed by atoms with Gasteiger partial charge < -0.3 is 5.32 Å². The average molecular weight is 456 g/mol. The first-order chi connectivity index (χ1) is 14.5. The lowest BCUT2D eigenvalue weighted by atomic mass is 9.58. The third-order valence-electron chi connectivity index (χ3n) is 6.85. The molecule has 11 heteroatoms. The van der Waals surface area contributed by atoms with Crippen LogP contribution in [-0.2, 0) is 16.4 Å². The Morgan fingerprint density at radius 1 is 1.10 bits per heavy atom. The Kier molecular flexibility index (Phi) is 5.21. The van der Waals surface area contributed by atoms with Crippen molar-refractivity contribution in [3.8, 4) is 6.07 Å². The van der Waals surface area contributed by atoms with Crippen LogP contribution in [0.5, 0.6) is 0 Å². The molecule has 31 heavy (non-hydrogen) atoms. The Morgan fingerprint density at radius 2 is 1.71 bits per heavy atom. The smallest absolute Gasteiger partial charge is 0.347 e. The van der Waals surface area contributed by atoms with E-state index in [-0.39, 0.29) is 16.7 Å². The highest BCUT2D eigenvalue weighted by Crippen LogP contribution is 2.52. The fraction of sp³-hybridized carbons (Fsp3) is 0.600. The molecule has 0 atom stereocenters. The van der Waals surface area contributed by atoms with Gasteiger partial charge >= 0.3 is 16.4 Å². The molecule has 2 N–H and O–H groups in total. The molecule has 3 aliphatic carbocycles. The van der Waals surface area contributed by atoms with Crippen molar-refractivity contribution in [1.82, 2.24) is 9.62 Å². The number of amides is 1. The molecule has 0 aromatic heterocycles. The Bertz CT molecular complexity index is 1020. The van der Waals surface area contributed by atoms with Crippen LogP contribution < -0.4 is 10.0 Å². The van der Waals surface area contributed by atoms with Gasteiger partial charge in [-0.25, -0.2) is 0 Å². The van der Waals surface area contributed by atoms with Crippen molar-refractivity contribution in [2.75, 3.05) is 17.8 Å². The maximum absolute atomic E-state index is 13.3. The fourth-order valence-electron chi connectivity index (χ4n) is 4.58. The minimum Gasteiger partial charge on any atom is -0.347 e. The lowest BCUT2D eigenvalue weighted by Gasteiger charge is -2.50. The number of nitrogens with zero attached hydrogens (tertiary/aromatic N) is 2. The van der Waals surface area contributed by atoms with Crippen LogP contribution in [0.1, 0.15) is 60.9 Å². The molecule has 4 aliphatic rings. The number of carbonyl (C=O) groups is 1. The second-order valence-corrected chi connectivity index (χ2v) is 10.4. The number of nitrogens with one attached hydrogen (secondary N) is 2. The van der Waals surface area contributed by atoms with Gasteiger partial charge in [-0.15, -0.1) is 0 Å². The number of anilines is 1. The van der Waals surface area contributed by atoms with Crippen LogP contribution >= 0.6 is 0 Å². The van der Waals surface area contributed by atoms with Gasteiger partial charge in [-0.3, -0.25) is 9.52 Å². The predicted molar refractivity (Wildman–Crippen MR) is 106 cm³/mol. The highest BCUT2D eigenvalue weighted by molar-refractivity contribution is 7.90. The van der Waals surface area contributed by atoms with E-state index in [4.69, 9.17) is 0 Å². The summed E-state index contributed by atoms with van der Waals surface area (Å²) in [5, 5.41) is 12.3. The SMILES string of the molecule is N#CC12CCC(NC(=O)c3cc(C(F)(F)F)ccc3NS(=O)(=O)N3CCC3)(CC1)CC2. The molecule has 1 heterocycles. The van der Waals surface area contributed by atoms with Gasteiger partial charge in [0.25, 0.3) is 5.91 Å². The third kappa shape index (κ3) is 4.11. The molecule has 1 saturated heterocycles. The topological polar surface area (TPSA) is 102 Å². The first kappa shape index (κ1) is 21.9. The molecule has 1 aromatic carbocycles. The maximum atomic E-state index is 13.3. The summed E-state index contributed by atoms with van der Waals surface area (Å²) in [4.78, 5) is 13.1. The van der Waals surface area contributed by atoms with Crippen LogP contribution in [0.25, 0.3) is 0 Å². The lowest BCUT2D eigenvalue weighted by molar-refractivity contribution is -0.137. The van der Waals surface area contributed by atoms with Crippen molar-refractivity contribution in [2.24, 2.45) is 5.41 Å². The number of hydrogen-bond acceptors (Lipinski definition) is 4. The second kappa shape index (κ2) is 7.38. The number of hydrogen-bond donors (Lipinski definition) is 2. The van der Waals surface area contributed by atoms with Crippen molar-refractivity contribution in [3.05, 3.63) is 29.3 Å². The van der Waals surface area contributed by atoms with Gasteiger partial charge in [0.2, 0.25) is 0 Å². The van der Waals surface area contributed by atoms with E-state index in [1.807, 2.05) is 0 Å². The molecule has 0 radical (unpaired) electrons. The fourth-order valence-corrected chi connectivity index (χ4v) is 5.90. The normalized spacial score (nSPS) is 28.5. The molecule has 7 nitrogen and oxygen atoms in total. The first-order valence-corrected chi connectivity index (χ1v) is 11.6. The minimum atomic E-state index is -4.68. The van der Waals surface area contributed by atoms with Gasteiger partial charge in [0.05, 0.1) is 28.3 Å². The number of carbonyl (C=O) groups excluding carboxylic acids is 1. The Hall–Kier alpha value is -2.32. The van der Waals surface area contributed by atoms with E-state index >= 15 is 0 Å². The van der Waals surface area contributed by atoms with Crippen LogP contribution in [-0.4, -0.2) is 37.3 Å². The van der Waals surface area contributed by atoms with Crippen molar-refractivity contribution in [1.29, 1.82) is 5.26 Å².